The van der Waals surface area contributed by atoms with Crippen LogP contribution in [0.2, 0.25) is 0 Å². The molecule has 2 aromatic rings. The van der Waals surface area contributed by atoms with Gasteiger partial charge in [0.05, 0.1) is 12.8 Å². The fourth-order valence-corrected chi connectivity index (χ4v) is 4.95. The summed E-state index contributed by atoms with van der Waals surface area (Å²) in [6.45, 7) is 1.13. The number of nitrogens with zero attached hydrogens (tertiary/aromatic N) is 2. The van der Waals surface area contributed by atoms with Crippen molar-refractivity contribution in [1.29, 1.82) is 0 Å². The number of hydrogen-bond acceptors (Lipinski definition) is 5. The third kappa shape index (κ3) is 3.68. The van der Waals surface area contributed by atoms with E-state index in [1.807, 2.05) is 16.8 Å². The lowest BCUT2D eigenvalue weighted by Gasteiger charge is -2.26. The zero-order valence-corrected chi connectivity index (χ0v) is 15.1. The van der Waals surface area contributed by atoms with Gasteiger partial charge in [0.15, 0.2) is 0 Å². The molecule has 24 heavy (non-hydrogen) atoms. The second kappa shape index (κ2) is 7.46. The molecule has 7 heteroatoms. The zero-order chi connectivity index (χ0) is 17.0. The Hall–Kier alpha value is -1.70. The average Bonchev–Trinajstić information content (AvgIpc) is 3.14. The standard InChI is InChI=1S/C17H20N2O3S2/c1-22-15-5-6-16(18-12-14-7-10-23-13-14)17(11-15)24(20,21)19-8-3-2-4-9-19/h5-7,10-13H,2-4,8-9H2,1H3. The molecule has 0 N–H and O–H groups in total. The molecule has 128 valence electrons. The molecular weight excluding hydrogens is 344 g/mol. The van der Waals surface area contributed by atoms with Crippen LogP contribution in [0, 0.1) is 0 Å². The van der Waals surface area contributed by atoms with E-state index in [1.165, 1.54) is 7.11 Å². The fourth-order valence-electron chi connectivity index (χ4n) is 2.67. The number of benzene rings is 1. The number of aliphatic imine (C=N–C) groups is 1. The molecular formula is C17H20N2O3S2. The molecule has 3 rings (SSSR count). The normalized spacial score (nSPS) is 16.5. The van der Waals surface area contributed by atoms with Crippen molar-refractivity contribution in [3.8, 4) is 5.75 Å². The van der Waals surface area contributed by atoms with E-state index >= 15 is 0 Å². The molecule has 1 aromatic heterocycles. The van der Waals surface area contributed by atoms with Gasteiger partial charge < -0.3 is 4.74 Å². The van der Waals surface area contributed by atoms with Crippen molar-refractivity contribution in [2.24, 2.45) is 4.99 Å². The maximum Gasteiger partial charge on any atom is 0.245 e. The van der Waals surface area contributed by atoms with Crippen molar-refractivity contribution in [3.63, 3.8) is 0 Å². The van der Waals surface area contributed by atoms with Crippen molar-refractivity contribution < 1.29 is 13.2 Å². The SMILES string of the molecule is COc1ccc(N=Cc2ccsc2)c(S(=O)(=O)N2CCCCC2)c1. The first-order chi connectivity index (χ1) is 11.6. The van der Waals surface area contributed by atoms with Crippen molar-refractivity contribution >= 4 is 33.3 Å². The highest BCUT2D eigenvalue weighted by atomic mass is 32.2. The Morgan fingerprint density at radius 3 is 2.67 bits per heavy atom. The van der Waals surface area contributed by atoms with Gasteiger partial charge in [-0.05, 0) is 41.8 Å². The van der Waals surface area contributed by atoms with Crippen LogP contribution in [-0.2, 0) is 10.0 Å². The number of rotatable bonds is 5. The molecule has 1 aliphatic heterocycles. The molecule has 1 saturated heterocycles. The van der Waals surface area contributed by atoms with Crippen LogP contribution in [0.25, 0.3) is 0 Å². The van der Waals surface area contributed by atoms with Crippen LogP contribution in [0.15, 0.2) is 44.9 Å². The van der Waals surface area contributed by atoms with Crippen LogP contribution in [0.1, 0.15) is 24.8 Å². The van der Waals surface area contributed by atoms with E-state index in [1.54, 1.807) is 40.1 Å². The van der Waals surface area contributed by atoms with Gasteiger partial charge in [0.1, 0.15) is 10.6 Å². The van der Waals surface area contributed by atoms with Crippen LogP contribution in [-0.4, -0.2) is 39.1 Å². The zero-order valence-electron chi connectivity index (χ0n) is 13.5. The Bertz CT molecular complexity index is 808. The van der Waals surface area contributed by atoms with Crippen LogP contribution in [0.5, 0.6) is 5.75 Å². The van der Waals surface area contributed by atoms with Gasteiger partial charge in [-0.1, -0.05) is 6.42 Å². The minimum Gasteiger partial charge on any atom is -0.497 e. The molecule has 0 amide bonds. The summed E-state index contributed by atoms with van der Waals surface area (Å²) >= 11 is 1.58. The van der Waals surface area contributed by atoms with Crippen molar-refractivity contribution in [2.45, 2.75) is 24.2 Å². The molecule has 1 aliphatic rings. The van der Waals surface area contributed by atoms with E-state index in [0.717, 1.165) is 24.8 Å². The fraction of sp³-hybridized carbons (Fsp3) is 0.353. The van der Waals surface area contributed by atoms with Gasteiger partial charge in [0.25, 0.3) is 0 Å². The number of piperidine rings is 1. The molecule has 0 radical (unpaired) electrons. The third-order valence-electron chi connectivity index (χ3n) is 4.00. The molecule has 0 unspecified atom stereocenters. The second-order valence-corrected chi connectivity index (χ2v) is 8.30. The van der Waals surface area contributed by atoms with E-state index in [0.29, 0.717) is 24.5 Å². The maximum atomic E-state index is 13.0. The highest BCUT2D eigenvalue weighted by Crippen LogP contribution is 2.32. The number of hydrogen-bond donors (Lipinski definition) is 0. The van der Waals surface area contributed by atoms with E-state index in [2.05, 4.69) is 4.99 Å². The summed E-state index contributed by atoms with van der Waals surface area (Å²) in [5, 5.41) is 3.92. The monoisotopic (exact) mass is 364 g/mol. The Kier molecular flexibility index (Phi) is 5.33. The second-order valence-electron chi connectivity index (χ2n) is 5.61. The van der Waals surface area contributed by atoms with Gasteiger partial charge >= 0.3 is 0 Å². The molecule has 1 fully saturated rings. The predicted molar refractivity (Wildman–Crippen MR) is 97.2 cm³/mol. The Labute approximate surface area is 146 Å². The Balaban J connectivity index is 2.00. The maximum absolute atomic E-state index is 13.0. The molecule has 0 saturated carbocycles. The van der Waals surface area contributed by atoms with Gasteiger partial charge in [-0.2, -0.15) is 15.6 Å². The van der Waals surface area contributed by atoms with Crippen molar-refractivity contribution in [2.75, 3.05) is 20.2 Å². The molecule has 5 nitrogen and oxygen atoms in total. The number of sulfonamides is 1. The minimum atomic E-state index is -3.57. The van der Waals surface area contributed by atoms with Gasteiger partial charge in [-0.15, -0.1) is 0 Å². The lowest BCUT2D eigenvalue weighted by molar-refractivity contribution is 0.346. The first kappa shape index (κ1) is 17.1. The first-order valence-corrected chi connectivity index (χ1v) is 10.2. The lowest BCUT2D eigenvalue weighted by Crippen LogP contribution is -2.35. The van der Waals surface area contributed by atoms with Crippen LogP contribution in [0.3, 0.4) is 0 Å². The highest BCUT2D eigenvalue weighted by molar-refractivity contribution is 7.89. The minimum absolute atomic E-state index is 0.204. The van der Waals surface area contributed by atoms with Crippen LogP contribution in [0.4, 0.5) is 5.69 Å². The summed E-state index contributed by atoms with van der Waals surface area (Å²) in [4.78, 5) is 4.61. The van der Waals surface area contributed by atoms with Crippen molar-refractivity contribution in [3.05, 3.63) is 40.6 Å². The topological polar surface area (TPSA) is 59.0 Å². The lowest BCUT2D eigenvalue weighted by atomic mass is 10.2. The van der Waals surface area contributed by atoms with Gasteiger partial charge in [0, 0.05) is 30.9 Å². The molecule has 0 aliphatic carbocycles. The summed E-state index contributed by atoms with van der Waals surface area (Å²) in [7, 11) is -2.05. The van der Waals surface area contributed by atoms with Crippen molar-refractivity contribution in [1.82, 2.24) is 4.31 Å². The van der Waals surface area contributed by atoms with Gasteiger partial charge in [-0.25, -0.2) is 8.42 Å². The summed E-state index contributed by atoms with van der Waals surface area (Å²) in [5.41, 5.74) is 1.39. The predicted octanol–water partition coefficient (Wildman–Crippen LogP) is 3.68. The summed E-state index contributed by atoms with van der Waals surface area (Å²) in [5.74, 6) is 0.514. The van der Waals surface area contributed by atoms with E-state index in [9.17, 15) is 8.42 Å². The Morgan fingerprint density at radius 1 is 1.21 bits per heavy atom. The summed E-state index contributed by atoms with van der Waals surface area (Å²) < 4.78 is 32.8. The number of thiophene rings is 1. The van der Waals surface area contributed by atoms with E-state index in [4.69, 9.17) is 4.74 Å². The Morgan fingerprint density at radius 2 is 2.00 bits per heavy atom. The largest absolute Gasteiger partial charge is 0.497 e. The molecule has 2 heterocycles. The van der Waals surface area contributed by atoms with Crippen LogP contribution >= 0.6 is 11.3 Å². The number of methoxy groups -OCH3 is 1. The van der Waals surface area contributed by atoms with Gasteiger partial charge in [0.2, 0.25) is 10.0 Å². The molecule has 0 atom stereocenters. The van der Waals surface area contributed by atoms with Gasteiger partial charge in [-0.3, -0.25) is 4.99 Å². The first-order valence-electron chi connectivity index (χ1n) is 7.86. The average molecular weight is 364 g/mol. The highest BCUT2D eigenvalue weighted by Gasteiger charge is 2.28. The van der Waals surface area contributed by atoms with E-state index in [-0.39, 0.29) is 4.90 Å². The smallest absolute Gasteiger partial charge is 0.245 e. The molecule has 0 spiro atoms. The summed E-state index contributed by atoms with van der Waals surface area (Å²) in [6.07, 6.45) is 4.56. The third-order valence-corrected chi connectivity index (χ3v) is 6.62. The number of ether oxygens (including phenoxy) is 1. The molecule has 1 aromatic carbocycles. The summed E-state index contributed by atoms with van der Waals surface area (Å²) in [6, 6.07) is 6.93. The van der Waals surface area contributed by atoms with E-state index < -0.39 is 10.0 Å². The van der Waals surface area contributed by atoms with Crippen LogP contribution < -0.4 is 4.74 Å². The molecule has 0 bridgehead atoms. The quantitative estimate of drug-likeness (QED) is 0.761.